The van der Waals surface area contributed by atoms with E-state index in [1.807, 2.05) is 12.2 Å². The fourth-order valence-corrected chi connectivity index (χ4v) is 14.1. The van der Waals surface area contributed by atoms with Gasteiger partial charge in [0, 0.05) is 0 Å². The van der Waals surface area contributed by atoms with Crippen LogP contribution >= 0.6 is 15.8 Å². The smallest absolute Gasteiger partial charge is 0.531 e. The van der Waals surface area contributed by atoms with Crippen LogP contribution in [-0.2, 0) is 64.4 Å². The minimum atomic E-state index is -6.00. The quantitative estimate of drug-likeness (QED) is 0.0183. The summed E-state index contributed by atoms with van der Waals surface area (Å²) in [6.45, 7) is 1.90. The molecule has 2 aliphatic rings. The van der Waals surface area contributed by atoms with Gasteiger partial charge in [-0.15, -0.1) is 12.2 Å². The zero-order valence-electron chi connectivity index (χ0n) is 41.0. The number of esters is 4. The molecule has 0 atom stereocenters. The summed E-state index contributed by atoms with van der Waals surface area (Å²) in [5, 5.41) is 8.39. The van der Waals surface area contributed by atoms with Crippen molar-refractivity contribution in [3.8, 4) is 0 Å². The van der Waals surface area contributed by atoms with Crippen LogP contribution in [0.25, 0.3) is 0 Å². The maximum absolute atomic E-state index is 11.5. The summed E-state index contributed by atoms with van der Waals surface area (Å²) in [5.41, 5.74) is -1.34. The molecule has 6 aromatic rings. The summed E-state index contributed by atoms with van der Waals surface area (Å²) >= 11 is -0.125. The Balaban J connectivity index is 0.000000210. The molecule has 0 amide bonds. The van der Waals surface area contributed by atoms with E-state index in [1.165, 1.54) is 65.9 Å². The van der Waals surface area contributed by atoms with Gasteiger partial charge in [0.15, 0.2) is 11.9 Å². The van der Waals surface area contributed by atoms with Crippen molar-refractivity contribution in [1.82, 2.24) is 0 Å². The third-order valence-corrected chi connectivity index (χ3v) is 17.8. The molecule has 0 saturated carbocycles. The Morgan fingerprint density at radius 3 is 0.838 bits per heavy atom. The Labute approximate surface area is 439 Å². The van der Waals surface area contributed by atoms with Crippen molar-refractivity contribution in [2.75, 3.05) is 41.7 Å². The fourth-order valence-electron chi connectivity index (χ4n) is 6.44. The zero-order chi connectivity index (χ0) is 53.6. The molecule has 0 spiro atoms. The normalized spacial score (nSPS) is 13.1. The van der Waals surface area contributed by atoms with Crippen LogP contribution in [0.3, 0.4) is 0 Å². The Morgan fingerprint density at radius 2 is 0.662 bits per heavy atom. The number of carbonyl (C=O) groups excluding carboxylic acids is 4. The summed E-state index contributed by atoms with van der Waals surface area (Å²) in [6, 6.07) is 64.7. The maximum Gasteiger partial charge on any atom is 0.673 e. The van der Waals surface area contributed by atoms with Crippen LogP contribution in [0, 0.1) is 12.2 Å². The third-order valence-electron chi connectivity index (χ3n) is 9.64. The molecule has 18 heteroatoms. The van der Waals surface area contributed by atoms with E-state index in [1.54, 1.807) is 0 Å². The molecule has 0 bridgehead atoms. The summed E-state index contributed by atoms with van der Waals surface area (Å²) in [7, 11) is -2.80. The molecule has 0 N–H and O–H groups in total. The van der Waals surface area contributed by atoms with Crippen LogP contribution in [0.1, 0.15) is 25.7 Å². The Morgan fingerprint density at radius 1 is 0.432 bits per heavy atom. The van der Waals surface area contributed by atoms with Crippen molar-refractivity contribution in [2.24, 2.45) is 0 Å². The summed E-state index contributed by atoms with van der Waals surface area (Å²) in [5.74, 6) is -4.32. The second-order valence-electron chi connectivity index (χ2n) is 14.8. The summed E-state index contributed by atoms with van der Waals surface area (Å²) < 4.78 is 70.0. The van der Waals surface area contributed by atoms with E-state index in [0.29, 0.717) is 0 Å². The van der Waals surface area contributed by atoms with Crippen LogP contribution in [0.15, 0.2) is 193 Å². The molecule has 391 valence electrons. The largest absolute Gasteiger partial charge is 0.673 e. The van der Waals surface area contributed by atoms with Crippen molar-refractivity contribution >= 4 is 87.2 Å². The second-order valence-corrected chi connectivity index (χ2v) is 22.5. The number of halogens is 4. The molecule has 2 aliphatic heterocycles. The molecule has 0 radical (unpaired) electrons. The van der Waals surface area contributed by atoms with Crippen molar-refractivity contribution in [2.45, 2.75) is 25.7 Å². The summed E-state index contributed by atoms with van der Waals surface area (Å²) in [6.07, 6.45) is 8.73. The number of hydrogen-bond acceptors (Lipinski definition) is 10. The number of carbonyl (C=O) groups is 4. The Bertz CT molecular complexity index is 2400. The molecular formula is C56H54BF4IrO10P2-3. The van der Waals surface area contributed by atoms with Gasteiger partial charge in [-0.3, -0.25) is 9.59 Å². The van der Waals surface area contributed by atoms with Gasteiger partial charge in [-0.25, -0.2) is 11.1 Å². The number of ether oxygens (including phenoxy) is 6. The second kappa shape index (κ2) is 33.5. The predicted molar refractivity (Wildman–Crippen MR) is 282 cm³/mol. The number of benzene rings is 6. The SMILES string of the molecule is C1CO[C](=[Ir]=[C]2CCCO2)C1.COC(=O)[C-]=C(C(=O)OC)C(=[C-]C(=O)OC)C(=O)OC.F[B-](F)(F)F.c1ccc(P(c2ccccc2)c2ccccc2)cc1.c1ccc(P(c2ccccc2)c2ccccc2)cc1. The maximum atomic E-state index is 11.5. The Hall–Kier alpha value is -6.37. The van der Waals surface area contributed by atoms with Crippen molar-refractivity contribution < 1.29 is 81.6 Å². The monoisotopic (exact) mass is 1230 g/mol. The number of rotatable bonds is 11. The van der Waals surface area contributed by atoms with Gasteiger partial charge >= 0.3 is 80.8 Å². The van der Waals surface area contributed by atoms with Crippen LogP contribution < -0.4 is 31.8 Å². The van der Waals surface area contributed by atoms with Crippen LogP contribution in [0.4, 0.5) is 17.3 Å². The molecular weight excluding hydrogens is 1170 g/mol. The minimum absolute atomic E-state index is 0.125. The molecule has 8 rings (SSSR count). The first-order chi connectivity index (χ1) is 35.8. The average Bonchev–Trinajstić information content (AvgIpc) is 4.17. The van der Waals surface area contributed by atoms with Gasteiger partial charge in [-0.2, -0.15) is 0 Å². The van der Waals surface area contributed by atoms with E-state index >= 15 is 0 Å². The average molecular weight is 1230 g/mol. The standard InChI is InChI=1S/2C18H15P.C12H12O8.2C4H6O.BF4.Ir/c2*1-4-10-16(11-5-1)19(17-12-6-2-7-13-17)18-14-8-3-9-15-18;1-17-9(13)5-7(11(15)19-3)8(12(16)20-4)6-10(14)18-2;2*1-2-4-5-3-1;2-1(3,4)5;/h2*1-15H;1-4H3;2*1-3H2;;/q;;-2;;;-1;. The van der Waals surface area contributed by atoms with Crippen LogP contribution in [0.5, 0.6) is 0 Å². The molecule has 2 saturated heterocycles. The van der Waals surface area contributed by atoms with Gasteiger partial charge in [0.2, 0.25) is 0 Å². The van der Waals surface area contributed by atoms with Gasteiger partial charge < -0.3 is 45.8 Å². The van der Waals surface area contributed by atoms with E-state index < -0.39 is 58.1 Å². The molecule has 6 aromatic carbocycles. The minimum Gasteiger partial charge on any atom is -0.531 e. The van der Waals surface area contributed by atoms with E-state index in [2.05, 4.69) is 201 Å². The van der Waals surface area contributed by atoms with Gasteiger partial charge in [0.1, 0.15) is 0 Å². The van der Waals surface area contributed by atoms with Crippen LogP contribution in [0.2, 0.25) is 0 Å². The zero-order valence-corrected chi connectivity index (χ0v) is 45.1. The molecule has 0 unspecified atom stereocenters. The van der Waals surface area contributed by atoms with Crippen molar-refractivity contribution in [3.63, 3.8) is 0 Å². The van der Waals surface area contributed by atoms with Crippen molar-refractivity contribution in [3.05, 3.63) is 205 Å². The molecule has 0 aromatic heterocycles. The van der Waals surface area contributed by atoms with E-state index in [9.17, 15) is 36.4 Å². The van der Waals surface area contributed by atoms with E-state index in [0.717, 1.165) is 41.7 Å². The first kappa shape index (κ1) is 60.2. The first-order valence-corrected chi connectivity index (χ1v) is 27.8. The topological polar surface area (TPSA) is 124 Å². The fraction of sp³-hybridized carbons (Fsp3) is 0.179. The number of methoxy groups -OCH3 is 4. The molecule has 2 fully saturated rings. The van der Waals surface area contributed by atoms with Crippen LogP contribution in [-0.4, -0.2) is 81.2 Å². The van der Waals surface area contributed by atoms with E-state index in [-0.39, 0.29) is 16.8 Å². The van der Waals surface area contributed by atoms with Gasteiger partial charge in [-0.05, 0) is 47.7 Å². The third kappa shape index (κ3) is 22.0. The van der Waals surface area contributed by atoms with Gasteiger partial charge in [0.25, 0.3) is 11.9 Å². The molecule has 10 nitrogen and oxygen atoms in total. The predicted octanol–water partition coefficient (Wildman–Crippen LogP) is 8.28. The van der Waals surface area contributed by atoms with Gasteiger partial charge in [-0.1, -0.05) is 182 Å². The van der Waals surface area contributed by atoms with Gasteiger partial charge in [0.05, 0.1) is 28.4 Å². The number of hydrogen-bond donors (Lipinski definition) is 0. The van der Waals surface area contributed by atoms with E-state index in [4.69, 9.17) is 9.47 Å². The Kier molecular flexibility index (Phi) is 27.2. The molecule has 74 heavy (non-hydrogen) atoms. The van der Waals surface area contributed by atoms with Crippen molar-refractivity contribution in [1.29, 1.82) is 0 Å². The summed E-state index contributed by atoms with van der Waals surface area (Å²) in [4.78, 5) is 45.4. The molecule has 2 heterocycles. The molecule has 0 aliphatic carbocycles. The first-order valence-electron chi connectivity index (χ1n) is 22.7.